The largest absolute Gasteiger partial charge is 0.382 e. The number of benzene rings is 1. The molecule has 0 radical (unpaired) electrons. The van der Waals surface area contributed by atoms with Crippen molar-refractivity contribution < 1.29 is 14.3 Å². The molecule has 2 rings (SSSR count). The molecule has 0 spiro atoms. The van der Waals surface area contributed by atoms with Crippen LogP contribution in [0.15, 0.2) is 18.2 Å². The van der Waals surface area contributed by atoms with Gasteiger partial charge >= 0.3 is 0 Å². The number of hydrogen-bond acceptors (Lipinski definition) is 3. The van der Waals surface area contributed by atoms with E-state index in [1.807, 2.05) is 25.2 Å². The summed E-state index contributed by atoms with van der Waals surface area (Å²) in [5.41, 5.74) is 2.93. The second-order valence-electron chi connectivity index (χ2n) is 4.20. The summed E-state index contributed by atoms with van der Waals surface area (Å²) < 4.78 is 10.3. The summed E-state index contributed by atoms with van der Waals surface area (Å²) in [6.07, 6.45) is 0. The van der Waals surface area contributed by atoms with Gasteiger partial charge in [0.25, 0.3) is 5.91 Å². The van der Waals surface area contributed by atoms with Crippen molar-refractivity contribution in [3.8, 4) is 0 Å². The number of amides is 1. The monoisotopic (exact) mass is 235 g/mol. The highest BCUT2D eigenvalue weighted by Crippen LogP contribution is 2.22. The lowest BCUT2D eigenvalue weighted by Crippen LogP contribution is -2.17. The molecule has 0 N–H and O–H groups in total. The van der Waals surface area contributed by atoms with Crippen LogP contribution in [0.4, 0.5) is 0 Å². The van der Waals surface area contributed by atoms with Gasteiger partial charge in [-0.3, -0.25) is 4.79 Å². The van der Waals surface area contributed by atoms with Crippen LogP contribution >= 0.6 is 0 Å². The lowest BCUT2D eigenvalue weighted by molar-refractivity contribution is 0.0616. The first kappa shape index (κ1) is 12.1. The average molecular weight is 235 g/mol. The van der Waals surface area contributed by atoms with Crippen LogP contribution < -0.4 is 0 Å². The second-order valence-corrected chi connectivity index (χ2v) is 4.20. The van der Waals surface area contributed by atoms with Crippen molar-refractivity contribution in [2.75, 3.05) is 27.4 Å². The molecule has 0 aliphatic carbocycles. The molecule has 92 valence electrons. The first-order valence-corrected chi connectivity index (χ1v) is 5.66. The van der Waals surface area contributed by atoms with Crippen LogP contribution in [0.1, 0.15) is 21.5 Å². The molecule has 0 atom stereocenters. The zero-order valence-electron chi connectivity index (χ0n) is 10.2. The zero-order valence-corrected chi connectivity index (χ0v) is 10.2. The summed E-state index contributed by atoms with van der Waals surface area (Å²) in [6, 6.07) is 5.94. The molecule has 0 unspecified atom stereocenters. The smallest absolute Gasteiger partial charge is 0.254 e. The number of carbonyl (C=O) groups is 1. The number of fused-ring (bicyclic) bond motifs is 1. The Kier molecular flexibility index (Phi) is 3.76. The number of methoxy groups -OCH3 is 1. The van der Waals surface area contributed by atoms with Gasteiger partial charge in [0.15, 0.2) is 0 Å². The van der Waals surface area contributed by atoms with Gasteiger partial charge in [0.2, 0.25) is 0 Å². The molecule has 1 aromatic carbocycles. The minimum atomic E-state index is 0.0961. The first-order chi connectivity index (χ1) is 8.22. The molecule has 1 aliphatic heterocycles. The number of carbonyl (C=O) groups excluding carboxylic acids is 1. The zero-order chi connectivity index (χ0) is 12.3. The van der Waals surface area contributed by atoms with E-state index in [0.717, 1.165) is 16.7 Å². The summed E-state index contributed by atoms with van der Waals surface area (Å²) in [6.45, 7) is 2.39. The topological polar surface area (TPSA) is 38.8 Å². The lowest BCUT2D eigenvalue weighted by atomic mass is 10.1. The van der Waals surface area contributed by atoms with E-state index in [-0.39, 0.29) is 5.91 Å². The van der Waals surface area contributed by atoms with Gasteiger partial charge in [0.1, 0.15) is 0 Å². The molecule has 0 saturated carbocycles. The van der Waals surface area contributed by atoms with Crippen molar-refractivity contribution in [3.05, 3.63) is 34.9 Å². The van der Waals surface area contributed by atoms with Gasteiger partial charge in [-0.25, -0.2) is 0 Å². The van der Waals surface area contributed by atoms with Crippen molar-refractivity contribution in [2.45, 2.75) is 13.2 Å². The molecule has 1 amide bonds. The van der Waals surface area contributed by atoms with E-state index < -0.39 is 0 Å². The lowest BCUT2D eigenvalue weighted by Gasteiger charge is -2.05. The maximum atomic E-state index is 11.8. The van der Waals surface area contributed by atoms with Crippen LogP contribution in [0.25, 0.3) is 0 Å². The number of hydrogen-bond donors (Lipinski definition) is 0. The summed E-state index contributed by atoms with van der Waals surface area (Å²) >= 11 is 0. The minimum Gasteiger partial charge on any atom is -0.382 e. The van der Waals surface area contributed by atoms with Gasteiger partial charge in [-0.05, 0) is 17.2 Å². The standard InChI is InChI=1S/C13H17NO3/c1-14-8-11-4-3-10(7-12(11)13(14)15)9-17-6-5-16-2/h3-4,7H,5-6,8-9H2,1-2H3. The Hall–Kier alpha value is -1.39. The molecule has 0 bridgehead atoms. The quantitative estimate of drug-likeness (QED) is 0.725. The number of rotatable bonds is 5. The van der Waals surface area contributed by atoms with Crippen molar-refractivity contribution in [3.63, 3.8) is 0 Å². The van der Waals surface area contributed by atoms with Gasteiger partial charge in [-0.15, -0.1) is 0 Å². The van der Waals surface area contributed by atoms with E-state index in [2.05, 4.69) is 0 Å². The van der Waals surface area contributed by atoms with Crippen molar-refractivity contribution >= 4 is 5.91 Å². The van der Waals surface area contributed by atoms with Crippen molar-refractivity contribution in [1.29, 1.82) is 0 Å². The number of nitrogens with zero attached hydrogens (tertiary/aromatic N) is 1. The molecule has 0 saturated heterocycles. The predicted molar refractivity (Wildman–Crippen MR) is 63.8 cm³/mol. The van der Waals surface area contributed by atoms with Crippen molar-refractivity contribution in [1.82, 2.24) is 4.90 Å². The fourth-order valence-electron chi connectivity index (χ4n) is 1.92. The van der Waals surface area contributed by atoms with Crippen LogP contribution in [-0.4, -0.2) is 38.2 Å². The number of ether oxygens (including phenoxy) is 2. The molecule has 1 aromatic rings. The van der Waals surface area contributed by atoms with Crippen molar-refractivity contribution in [2.24, 2.45) is 0 Å². The average Bonchev–Trinajstić information content (AvgIpc) is 2.61. The maximum Gasteiger partial charge on any atom is 0.254 e. The van der Waals surface area contributed by atoms with E-state index in [0.29, 0.717) is 26.4 Å². The highest BCUT2D eigenvalue weighted by Gasteiger charge is 2.24. The van der Waals surface area contributed by atoms with Crippen LogP contribution in [0.2, 0.25) is 0 Å². The van der Waals surface area contributed by atoms with Gasteiger partial charge < -0.3 is 14.4 Å². The Balaban J connectivity index is 2.00. The Bertz CT molecular complexity index is 417. The molecule has 17 heavy (non-hydrogen) atoms. The van der Waals surface area contributed by atoms with Crippen LogP contribution in [0, 0.1) is 0 Å². The molecule has 0 fully saturated rings. The fourth-order valence-corrected chi connectivity index (χ4v) is 1.92. The molecule has 4 heteroatoms. The molecular weight excluding hydrogens is 218 g/mol. The Morgan fingerprint density at radius 1 is 1.35 bits per heavy atom. The molecule has 1 heterocycles. The SMILES string of the molecule is COCCOCc1ccc2c(c1)C(=O)N(C)C2. The fraction of sp³-hybridized carbons (Fsp3) is 0.462. The summed E-state index contributed by atoms with van der Waals surface area (Å²) in [5.74, 6) is 0.0961. The normalized spacial score (nSPS) is 14.2. The molecule has 1 aliphatic rings. The summed E-state index contributed by atoms with van der Waals surface area (Å²) in [5, 5.41) is 0. The van der Waals surface area contributed by atoms with E-state index >= 15 is 0 Å². The van der Waals surface area contributed by atoms with Gasteiger partial charge in [0, 0.05) is 26.3 Å². The summed E-state index contributed by atoms with van der Waals surface area (Å²) in [7, 11) is 3.46. The van der Waals surface area contributed by atoms with E-state index in [9.17, 15) is 4.79 Å². The minimum absolute atomic E-state index is 0.0961. The summed E-state index contributed by atoms with van der Waals surface area (Å²) in [4.78, 5) is 13.5. The third kappa shape index (κ3) is 2.65. The van der Waals surface area contributed by atoms with Gasteiger partial charge in [-0.1, -0.05) is 12.1 Å². The van der Waals surface area contributed by atoms with Gasteiger partial charge in [-0.2, -0.15) is 0 Å². The molecule has 0 aromatic heterocycles. The van der Waals surface area contributed by atoms with Crippen LogP contribution in [0.5, 0.6) is 0 Å². The molecular formula is C13H17NO3. The maximum absolute atomic E-state index is 11.8. The highest BCUT2D eigenvalue weighted by atomic mass is 16.5. The van der Waals surface area contributed by atoms with Gasteiger partial charge in [0.05, 0.1) is 19.8 Å². The van der Waals surface area contributed by atoms with E-state index in [4.69, 9.17) is 9.47 Å². The molecule has 4 nitrogen and oxygen atoms in total. The second kappa shape index (κ2) is 5.29. The Labute approximate surface area is 101 Å². The third-order valence-corrected chi connectivity index (χ3v) is 2.86. The third-order valence-electron chi connectivity index (χ3n) is 2.86. The van der Waals surface area contributed by atoms with Crippen LogP contribution in [0.3, 0.4) is 0 Å². The van der Waals surface area contributed by atoms with E-state index in [1.165, 1.54) is 0 Å². The Morgan fingerprint density at radius 2 is 2.18 bits per heavy atom. The first-order valence-electron chi connectivity index (χ1n) is 5.66. The predicted octanol–water partition coefficient (Wildman–Crippen LogP) is 1.44. The van der Waals surface area contributed by atoms with Crippen LogP contribution in [-0.2, 0) is 22.6 Å². The Morgan fingerprint density at radius 3 is 2.94 bits per heavy atom. The highest BCUT2D eigenvalue weighted by molar-refractivity contribution is 5.98. The van der Waals surface area contributed by atoms with E-state index in [1.54, 1.807) is 12.0 Å².